The zero-order valence-corrected chi connectivity index (χ0v) is 4.00. The molecular formula is C3H4CuN2. The molecule has 0 aromatic rings. The van der Waals surface area contributed by atoms with Gasteiger partial charge in [-0.05, 0) is 0 Å². The van der Waals surface area contributed by atoms with Crippen LogP contribution in [-0.2, 0) is 17.1 Å². The van der Waals surface area contributed by atoms with Crippen molar-refractivity contribution in [3.05, 3.63) is 0 Å². The van der Waals surface area contributed by atoms with Gasteiger partial charge in [0.25, 0.3) is 0 Å². The summed E-state index contributed by atoms with van der Waals surface area (Å²) in [6.07, 6.45) is 3.32. The van der Waals surface area contributed by atoms with Gasteiger partial charge in [-0.25, -0.2) is 4.99 Å². The van der Waals surface area contributed by atoms with Gasteiger partial charge >= 0.3 is 0 Å². The Hall–Kier alpha value is -0.141. The van der Waals surface area contributed by atoms with Crippen molar-refractivity contribution >= 4 is 12.6 Å². The van der Waals surface area contributed by atoms with Gasteiger partial charge in [0, 0.05) is 23.3 Å². The van der Waals surface area contributed by atoms with Crippen molar-refractivity contribution < 1.29 is 17.1 Å². The van der Waals surface area contributed by atoms with E-state index in [4.69, 9.17) is 0 Å². The second-order valence-electron chi connectivity index (χ2n) is 0.812. The van der Waals surface area contributed by atoms with Crippen molar-refractivity contribution in [2.75, 3.05) is 6.54 Å². The van der Waals surface area contributed by atoms with Gasteiger partial charge in [0.05, 0.1) is 6.54 Å². The summed E-state index contributed by atoms with van der Waals surface area (Å²) in [5.41, 5.74) is 0. The minimum Gasteiger partial charge on any atom is -0.268 e. The van der Waals surface area contributed by atoms with Gasteiger partial charge in [-0.2, -0.15) is 0 Å². The Bertz CT molecular complexity index is 66.9. The van der Waals surface area contributed by atoms with Gasteiger partial charge in [0.2, 0.25) is 0 Å². The van der Waals surface area contributed by atoms with Crippen molar-refractivity contribution in [1.82, 2.24) is 0 Å². The molecule has 2 nitrogen and oxygen atoms in total. The fraction of sp³-hybridized carbons (Fsp3) is 0.333. The maximum Gasteiger partial charge on any atom is 0.109 e. The zero-order valence-electron chi connectivity index (χ0n) is 3.06. The summed E-state index contributed by atoms with van der Waals surface area (Å²) in [5, 5.41) is 0. The van der Waals surface area contributed by atoms with E-state index < -0.39 is 0 Å². The normalized spacial score (nSPS) is 14.7. The van der Waals surface area contributed by atoms with Gasteiger partial charge in [-0.1, -0.05) is 0 Å². The molecule has 3 heteroatoms. The largest absolute Gasteiger partial charge is 0.268 e. The van der Waals surface area contributed by atoms with Crippen LogP contribution in [0.2, 0.25) is 0 Å². The van der Waals surface area contributed by atoms with Crippen LogP contribution in [0.25, 0.3) is 0 Å². The zero-order chi connectivity index (χ0) is 3.54. The minimum atomic E-state index is 0. The molecule has 0 amide bonds. The van der Waals surface area contributed by atoms with Crippen LogP contribution >= 0.6 is 0 Å². The summed E-state index contributed by atoms with van der Waals surface area (Å²) >= 11 is 0. The minimum absolute atomic E-state index is 0. The van der Waals surface area contributed by atoms with E-state index >= 15 is 0 Å². The smallest absolute Gasteiger partial charge is 0.109 e. The van der Waals surface area contributed by atoms with E-state index in [-0.39, 0.29) is 17.1 Å². The van der Waals surface area contributed by atoms with Crippen LogP contribution in [-0.4, -0.2) is 19.1 Å². The average Bonchev–Trinajstić information content (AvgIpc) is 1.76. The average molecular weight is 132 g/mol. The van der Waals surface area contributed by atoms with E-state index in [9.17, 15) is 0 Å². The van der Waals surface area contributed by atoms with Crippen LogP contribution in [0.4, 0.5) is 0 Å². The van der Waals surface area contributed by atoms with E-state index in [1.165, 1.54) is 0 Å². The van der Waals surface area contributed by atoms with Crippen LogP contribution < -0.4 is 0 Å². The topological polar surface area (TPSA) is 24.7 Å². The van der Waals surface area contributed by atoms with Gasteiger partial charge in [0.15, 0.2) is 0 Å². The molecule has 0 aliphatic carbocycles. The second-order valence-corrected chi connectivity index (χ2v) is 0.812. The van der Waals surface area contributed by atoms with E-state index in [2.05, 4.69) is 9.98 Å². The molecule has 0 unspecified atom stereocenters. The molecule has 0 saturated heterocycles. The van der Waals surface area contributed by atoms with Crippen molar-refractivity contribution in [2.24, 2.45) is 9.98 Å². The maximum absolute atomic E-state index is 3.74. The van der Waals surface area contributed by atoms with E-state index in [0.717, 1.165) is 6.54 Å². The molecule has 0 aromatic carbocycles. The molecule has 37 valence electrons. The maximum atomic E-state index is 3.74. The Kier molecular flexibility index (Phi) is 2.99. The van der Waals surface area contributed by atoms with Crippen molar-refractivity contribution in [3.8, 4) is 0 Å². The predicted molar refractivity (Wildman–Crippen MR) is 21.9 cm³/mol. The molecule has 0 N–H and O–H groups in total. The molecule has 1 aliphatic heterocycles. The summed E-state index contributed by atoms with van der Waals surface area (Å²) < 4.78 is 0. The van der Waals surface area contributed by atoms with Crippen LogP contribution in [0.3, 0.4) is 0 Å². The SMILES string of the molecule is C1=NC=NC1.[Cu]. The van der Waals surface area contributed by atoms with E-state index in [0.29, 0.717) is 0 Å². The standard InChI is InChI=1S/C3H4N2.Cu/c1-2-5-3-4-1;/h1,3H,2H2;. The van der Waals surface area contributed by atoms with Crippen LogP contribution in [0.15, 0.2) is 9.98 Å². The Morgan fingerprint density at radius 1 is 1.50 bits per heavy atom. The summed E-state index contributed by atoms with van der Waals surface area (Å²) in [7, 11) is 0. The van der Waals surface area contributed by atoms with Crippen LogP contribution in [0, 0.1) is 0 Å². The Morgan fingerprint density at radius 3 is 2.50 bits per heavy atom. The molecule has 1 radical (unpaired) electrons. The predicted octanol–water partition coefficient (Wildman–Crippen LogP) is 0.0966. The van der Waals surface area contributed by atoms with Gasteiger partial charge < -0.3 is 0 Å². The first kappa shape index (κ1) is 5.86. The van der Waals surface area contributed by atoms with Gasteiger partial charge in [-0.3, -0.25) is 4.99 Å². The van der Waals surface area contributed by atoms with E-state index in [1.54, 1.807) is 12.6 Å². The van der Waals surface area contributed by atoms with Crippen molar-refractivity contribution in [2.45, 2.75) is 0 Å². The number of hydrogen-bond donors (Lipinski definition) is 0. The number of aliphatic imine (C=N–C) groups is 2. The third-order valence-electron chi connectivity index (χ3n) is 0.441. The number of rotatable bonds is 0. The molecule has 0 aromatic heterocycles. The summed E-state index contributed by atoms with van der Waals surface area (Å²) in [6, 6.07) is 0. The van der Waals surface area contributed by atoms with Crippen molar-refractivity contribution in [1.29, 1.82) is 0 Å². The number of nitrogens with zero attached hydrogens (tertiary/aromatic N) is 2. The second kappa shape index (κ2) is 3.07. The molecule has 1 heterocycles. The fourth-order valence-electron chi connectivity index (χ4n) is 0.236. The summed E-state index contributed by atoms with van der Waals surface area (Å²) in [4.78, 5) is 7.40. The molecule has 1 aliphatic rings. The first-order valence-electron chi connectivity index (χ1n) is 1.50. The molecule has 6 heavy (non-hydrogen) atoms. The van der Waals surface area contributed by atoms with Crippen LogP contribution in [0.5, 0.6) is 0 Å². The van der Waals surface area contributed by atoms with E-state index in [1.807, 2.05) is 0 Å². The van der Waals surface area contributed by atoms with Crippen molar-refractivity contribution in [3.63, 3.8) is 0 Å². The van der Waals surface area contributed by atoms with Gasteiger partial charge in [0.1, 0.15) is 6.34 Å². The molecule has 0 atom stereocenters. The Balaban J connectivity index is 0.000000250. The Morgan fingerprint density at radius 2 is 2.33 bits per heavy atom. The third-order valence-corrected chi connectivity index (χ3v) is 0.441. The molecule has 0 fully saturated rings. The fourth-order valence-corrected chi connectivity index (χ4v) is 0.236. The molecule has 1 rings (SSSR count). The van der Waals surface area contributed by atoms with Crippen LogP contribution in [0.1, 0.15) is 0 Å². The summed E-state index contributed by atoms with van der Waals surface area (Å²) in [5.74, 6) is 0. The first-order chi connectivity index (χ1) is 2.50. The molecule has 0 saturated carbocycles. The van der Waals surface area contributed by atoms with Gasteiger partial charge in [-0.15, -0.1) is 0 Å². The third kappa shape index (κ3) is 1.34. The molecule has 0 spiro atoms. The summed E-state index contributed by atoms with van der Waals surface area (Å²) in [6.45, 7) is 0.778. The monoisotopic (exact) mass is 131 g/mol. The molecule has 0 bridgehead atoms. The molecular weight excluding hydrogens is 128 g/mol. The Labute approximate surface area is 46.8 Å². The first-order valence-corrected chi connectivity index (χ1v) is 1.50. The number of hydrogen-bond acceptors (Lipinski definition) is 2. The quantitative estimate of drug-likeness (QED) is 0.417.